The van der Waals surface area contributed by atoms with Gasteiger partial charge in [0.2, 0.25) is 11.8 Å². The Hall–Kier alpha value is -2.06. The second-order valence-corrected chi connectivity index (χ2v) is 8.87. The predicted molar refractivity (Wildman–Crippen MR) is 101 cm³/mol. The van der Waals surface area contributed by atoms with Crippen molar-refractivity contribution in [3.8, 4) is 0 Å². The summed E-state index contributed by atoms with van der Waals surface area (Å²) in [6, 6.07) is 7.53. The van der Waals surface area contributed by atoms with E-state index in [4.69, 9.17) is 4.74 Å². The summed E-state index contributed by atoms with van der Waals surface area (Å²) in [5.74, 6) is -0.949. The number of hydrogen-bond acceptors (Lipinski definition) is 6. The van der Waals surface area contributed by atoms with E-state index in [2.05, 4.69) is 5.32 Å². The van der Waals surface area contributed by atoms with Crippen LogP contribution in [-0.4, -0.2) is 62.7 Å². The summed E-state index contributed by atoms with van der Waals surface area (Å²) < 4.78 is 5.35. The third-order valence-electron chi connectivity index (χ3n) is 4.35. The van der Waals surface area contributed by atoms with Crippen LogP contribution in [0.4, 0.5) is 0 Å². The van der Waals surface area contributed by atoms with E-state index in [9.17, 15) is 19.5 Å². The third-order valence-corrected chi connectivity index (χ3v) is 5.73. The quantitative estimate of drug-likeness (QED) is 0.579. The zero-order valence-corrected chi connectivity index (χ0v) is 16.4. The molecule has 2 heterocycles. The van der Waals surface area contributed by atoms with Crippen LogP contribution in [0.3, 0.4) is 0 Å². The number of nitrogens with one attached hydrogen (secondary N) is 1. The maximum absolute atomic E-state index is 12.6. The van der Waals surface area contributed by atoms with Gasteiger partial charge in [0.25, 0.3) is 0 Å². The number of aliphatic hydroxyl groups is 1. The molecule has 0 spiro atoms. The fourth-order valence-corrected chi connectivity index (χ4v) is 4.55. The van der Waals surface area contributed by atoms with Gasteiger partial charge in [0.15, 0.2) is 6.04 Å². The number of fused-ring (bicyclic) bond motifs is 1. The second kappa shape index (κ2) is 7.52. The first-order chi connectivity index (χ1) is 12.7. The Morgan fingerprint density at radius 1 is 1.30 bits per heavy atom. The van der Waals surface area contributed by atoms with E-state index in [0.717, 1.165) is 5.56 Å². The van der Waals surface area contributed by atoms with Gasteiger partial charge in [0.05, 0.1) is 12.5 Å². The number of benzene rings is 1. The number of rotatable bonds is 4. The third kappa shape index (κ3) is 4.27. The molecule has 0 saturated carbocycles. The summed E-state index contributed by atoms with van der Waals surface area (Å²) in [5.41, 5.74) is 0.144. The predicted octanol–water partition coefficient (Wildman–Crippen LogP) is 0.700. The topological polar surface area (TPSA) is 95.9 Å². The molecule has 7 nitrogen and oxygen atoms in total. The van der Waals surface area contributed by atoms with Crippen molar-refractivity contribution in [1.82, 2.24) is 10.2 Å². The molecule has 8 heteroatoms. The van der Waals surface area contributed by atoms with Crippen LogP contribution in [0, 0.1) is 0 Å². The minimum Gasteiger partial charge on any atom is -0.458 e. The van der Waals surface area contributed by atoms with E-state index in [1.165, 1.54) is 16.7 Å². The number of carbonyl (C=O) groups excluding carboxylic acids is 3. The number of esters is 1. The highest BCUT2D eigenvalue weighted by atomic mass is 32.2. The number of aliphatic hydroxyl groups excluding tert-OH is 1. The van der Waals surface area contributed by atoms with Crippen LogP contribution in [-0.2, 0) is 25.5 Å². The molecule has 1 aromatic rings. The van der Waals surface area contributed by atoms with Gasteiger partial charge in [-0.1, -0.05) is 30.3 Å². The number of thioether (sulfide) groups is 1. The monoisotopic (exact) mass is 392 g/mol. The molecule has 2 saturated heterocycles. The molecule has 0 aliphatic carbocycles. The standard InChI is InChI=1S/C19H24N2O5S/c1-19(2,3)26-18(25)15-12(22)10-27-17-14(16(24)21(15)17)20-13(23)9-11-7-5-4-6-8-11/h4-8,12,14-15,17,22H,9-10H2,1-3H3,(H,20,23)/t12?,14-,15?,17+/m1/s1. The Morgan fingerprint density at radius 3 is 2.59 bits per heavy atom. The lowest BCUT2D eigenvalue weighted by molar-refractivity contribution is -0.178. The van der Waals surface area contributed by atoms with Gasteiger partial charge >= 0.3 is 5.97 Å². The lowest BCUT2D eigenvalue weighted by Gasteiger charge is -2.53. The first-order valence-electron chi connectivity index (χ1n) is 8.85. The van der Waals surface area contributed by atoms with Gasteiger partial charge < -0.3 is 20.1 Å². The lowest BCUT2D eigenvalue weighted by atomic mass is 9.99. The molecule has 0 aromatic heterocycles. The molecule has 2 unspecified atom stereocenters. The number of nitrogens with zero attached hydrogens (tertiary/aromatic N) is 1. The van der Waals surface area contributed by atoms with Crippen molar-refractivity contribution in [3.05, 3.63) is 35.9 Å². The number of ether oxygens (including phenoxy) is 1. The first kappa shape index (κ1) is 19.7. The van der Waals surface area contributed by atoms with E-state index >= 15 is 0 Å². The van der Waals surface area contributed by atoms with E-state index in [0.29, 0.717) is 5.75 Å². The average Bonchev–Trinajstić information content (AvgIpc) is 2.58. The van der Waals surface area contributed by atoms with Crippen LogP contribution in [0.15, 0.2) is 30.3 Å². The average molecular weight is 392 g/mol. The highest BCUT2D eigenvalue weighted by Gasteiger charge is 2.58. The molecule has 0 bridgehead atoms. The first-order valence-corrected chi connectivity index (χ1v) is 9.90. The number of β-lactam (4-membered cyclic amide) rings is 1. The molecule has 3 rings (SSSR count). The second-order valence-electron chi connectivity index (χ2n) is 7.72. The van der Waals surface area contributed by atoms with Crippen LogP contribution >= 0.6 is 11.8 Å². The Morgan fingerprint density at radius 2 is 1.96 bits per heavy atom. The van der Waals surface area contributed by atoms with Crippen LogP contribution in [0.1, 0.15) is 26.3 Å². The maximum Gasteiger partial charge on any atom is 0.332 e. The summed E-state index contributed by atoms with van der Waals surface area (Å²) in [4.78, 5) is 38.7. The minimum absolute atomic E-state index is 0.181. The summed E-state index contributed by atoms with van der Waals surface area (Å²) in [5, 5.41) is 12.6. The molecule has 4 atom stereocenters. The molecule has 2 N–H and O–H groups in total. The molecule has 146 valence electrons. The molecule has 1 aromatic carbocycles. The Labute approximate surface area is 162 Å². The fraction of sp³-hybridized carbons (Fsp3) is 0.526. The summed E-state index contributed by atoms with van der Waals surface area (Å²) >= 11 is 1.35. The number of hydrogen-bond donors (Lipinski definition) is 2. The normalized spacial score (nSPS) is 27.4. The minimum atomic E-state index is -1.04. The largest absolute Gasteiger partial charge is 0.458 e. The molecule has 2 amide bonds. The van der Waals surface area contributed by atoms with Gasteiger partial charge in [0, 0.05) is 5.75 Å². The molecular formula is C19H24N2O5S. The zero-order chi connectivity index (χ0) is 19.8. The van der Waals surface area contributed by atoms with E-state index in [1.54, 1.807) is 20.8 Å². The van der Waals surface area contributed by atoms with Crippen molar-refractivity contribution in [2.45, 2.75) is 56.4 Å². The highest BCUT2D eigenvalue weighted by Crippen LogP contribution is 2.39. The Kier molecular flexibility index (Phi) is 5.48. The smallest absolute Gasteiger partial charge is 0.332 e. The van der Waals surface area contributed by atoms with Gasteiger partial charge in [-0.3, -0.25) is 9.59 Å². The summed E-state index contributed by atoms with van der Waals surface area (Å²) in [7, 11) is 0. The molecule has 27 heavy (non-hydrogen) atoms. The van der Waals surface area contributed by atoms with Crippen LogP contribution in [0.25, 0.3) is 0 Å². The van der Waals surface area contributed by atoms with E-state index in [-0.39, 0.29) is 23.6 Å². The van der Waals surface area contributed by atoms with Crippen LogP contribution in [0.2, 0.25) is 0 Å². The van der Waals surface area contributed by atoms with Crippen LogP contribution in [0.5, 0.6) is 0 Å². The SMILES string of the molecule is CC(C)(C)OC(=O)C1C(O)CS[C@H]2[C@H](NC(=O)Cc3ccccc3)C(=O)N12. The summed E-state index contributed by atoms with van der Waals surface area (Å²) in [6.07, 6.45) is -0.814. The van der Waals surface area contributed by atoms with E-state index in [1.807, 2.05) is 30.3 Å². The summed E-state index contributed by atoms with van der Waals surface area (Å²) in [6.45, 7) is 5.20. The van der Waals surface area contributed by atoms with Gasteiger partial charge in [0.1, 0.15) is 17.0 Å². The van der Waals surface area contributed by atoms with E-state index < -0.39 is 29.8 Å². The van der Waals surface area contributed by atoms with Gasteiger partial charge in [-0.2, -0.15) is 0 Å². The zero-order valence-electron chi connectivity index (χ0n) is 15.5. The number of amides is 2. The molecule has 2 aliphatic rings. The van der Waals surface area contributed by atoms with Gasteiger partial charge in [-0.05, 0) is 26.3 Å². The highest BCUT2D eigenvalue weighted by molar-refractivity contribution is 8.00. The van der Waals surface area contributed by atoms with Crippen molar-refractivity contribution < 1.29 is 24.2 Å². The van der Waals surface area contributed by atoms with Crippen molar-refractivity contribution >= 4 is 29.5 Å². The molecule has 2 fully saturated rings. The van der Waals surface area contributed by atoms with Gasteiger partial charge in [-0.25, -0.2) is 4.79 Å². The number of carbonyl (C=O) groups is 3. The lowest BCUT2D eigenvalue weighted by Crippen LogP contribution is -2.77. The molecular weight excluding hydrogens is 368 g/mol. The Balaban J connectivity index is 1.65. The van der Waals surface area contributed by atoms with Crippen molar-refractivity contribution in [2.75, 3.05) is 5.75 Å². The van der Waals surface area contributed by atoms with Crippen molar-refractivity contribution in [1.29, 1.82) is 0 Å². The Bertz CT molecular complexity index is 733. The van der Waals surface area contributed by atoms with Crippen molar-refractivity contribution in [3.63, 3.8) is 0 Å². The molecule has 0 radical (unpaired) electrons. The van der Waals surface area contributed by atoms with Crippen molar-refractivity contribution in [2.24, 2.45) is 0 Å². The maximum atomic E-state index is 12.6. The van der Waals surface area contributed by atoms with Gasteiger partial charge in [-0.15, -0.1) is 11.8 Å². The molecule has 2 aliphatic heterocycles. The fourth-order valence-electron chi connectivity index (χ4n) is 3.20. The van der Waals surface area contributed by atoms with Crippen LogP contribution < -0.4 is 5.32 Å².